The number of aryl methyl sites for hydroxylation is 1. The third kappa shape index (κ3) is 5.25. The van der Waals surface area contributed by atoms with Crippen molar-refractivity contribution in [3.8, 4) is 6.01 Å². The van der Waals surface area contributed by atoms with Gasteiger partial charge in [0.15, 0.2) is 5.82 Å². The van der Waals surface area contributed by atoms with Gasteiger partial charge in [-0.3, -0.25) is 0 Å². The molecule has 0 atom stereocenters. The number of rotatable bonds is 7. The Bertz CT molecular complexity index is 928. The summed E-state index contributed by atoms with van der Waals surface area (Å²) in [4.78, 5) is 9.22. The van der Waals surface area contributed by atoms with Crippen molar-refractivity contribution in [3.05, 3.63) is 77.5 Å². The molecule has 0 saturated carbocycles. The third-order valence-corrected chi connectivity index (χ3v) is 4.44. The Morgan fingerprint density at radius 1 is 0.966 bits per heavy atom. The lowest BCUT2D eigenvalue weighted by molar-refractivity contribution is -0.137. The summed E-state index contributed by atoms with van der Waals surface area (Å²) >= 11 is 0. The van der Waals surface area contributed by atoms with Gasteiger partial charge in [-0.15, -0.1) is 0 Å². The Kier molecular flexibility index (Phi) is 6.36. The molecule has 2 aromatic carbocycles. The molecule has 0 spiro atoms. The standard InChI is InChI=1S/C22H22F3N3O/c1-3-7-16-10-12-18(13-11-16)28(2)20-19(22(23,24)25)14-26-21(27-20)29-15-17-8-5-4-6-9-17/h4-6,8-14H,3,7,15H2,1-2H3. The number of aromatic nitrogens is 2. The fourth-order valence-electron chi connectivity index (χ4n) is 2.90. The maximum absolute atomic E-state index is 13.5. The van der Waals surface area contributed by atoms with Crippen LogP contribution in [0.1, 0.15) is 30.0 Å². The molecule has 0 saturated heterocycles. The van der Waals surface area contributed by atoms with Crippen LogP contribution < -0.4 is 9.64 Å². The zero-order valence-electron chi connectivity index (χ0n) is 16.3. The van der Waals surface area contributed by atoms with Crippen LogP contribution in [-0.2, 0) is 19.2 Å². The third-order valence-electron chi connectivity index (χ3n) is 4.44. The van der Waals surface area contributed by atoms with Gasteiger partial charge in [-0.1, -0.05) is 55.8 Å². The summed E-state index contributed by atoms with van der Waals surface area (Å²) in [6.07, 6.45) is -1.89. The molecule has 0 aliphatic heterocycles. The predicted octanol–water partition coefficient (Wildman–Crippen LogP) is 5.79. The molecule has 152 valence electrons. The van der Waals surface area contributed by atoms with Gasteiger partial charge in [-0.05, 0) is 29.7 Å². The van der Waals surface area contributed by atoms with Crippen LogP contribution in [0.2, 0.25) is 0 Å². The Balaban J connectivity index is 1.89. The van der Waals surface area contributed by atoms with E-state index in [4.69, 9.17) is 4.74 Å². The molecule has 1 heterocycles. The van der Waals surface area contributed by atoms with Crippen LogP contribution in [0.3, 0.4) is 0 Å². The SMILES string of the molecule is CCCc1ccc(N(C)c2nc(OCc3ccccc3)ncc2C(F)(F)F)cc1. The quantitative estimate of drug-likeness (QED) is 0.502. The average Bonchev–Trinajstić information content (AvgIpc) is 2.72. The van der Waals surface area contributed by atoms with Crippen molar-refractivity contribution in [2.24, 2.45) is 0 Å². The number of nitrogens with zero attached hydrogens (tertiary/aromatic N) is 3. The highest BCUT2D eigenvalue weighted by atomic mass is 19.4. The Morgan fingerprint density at radius 3 is 2.28 bits per heavy atom. The summed E-state index contributed by atoms with van der Waals surface area (Å²) in [7, 11) is 1.55. The average molecular weight is 401 g/mol. The molecule has 29 heavy (non-hydrogen) atoms. The summed E-state index contributed by atoms with van der Waals surface area (Å²) in [5, 5.41) is 0. The van der Waals surface area contributed by atoms with Gasteiger partial charge in [-0.25, -0.2) is 4.98 Å². The zero-order valence-corrected chi connectivity index (χ0v) is 16.3. The maximum Gasteiger partial charge on any atom is 0.421 e. The summed E-state index contributed by atoms with van der Waals surface area (Å²) in [5.74, 6) is -0.251. The van der Waals surface area contributed by atoms with Gasteiger partial charge in [0.05, 0.1) is 0 Å². The fraction of sp³-hybridized carbons (Fsp3) is 0.273. The van der Waals surface area contributed by atoms with Crippen molar-refractivity contribution in [3.63, 3.8) is 0 Å². The Labute approximate surface area is 168 Å². The van der Waals surface area contributed by atoms with E-state index in [0.717, 1.165) is 30.2 Å². The molecule has 0 N–H and O–H groups in total. The molecule has 7 heteroatoms. The van der Waals surface area contributed by atoms with Crippen molar-refractivity contribution < 1.29 is 17.9 Å². The first-order chi connectivity index (χ1) is 13.9. The van der Waals surface area contributed by atoms with Gasteiger partial charge in [0.25, 0.3) is 0 Å². The van der Waals surface area contributed by atoms with Gasteiger partial charge in [0.2, 0.25) is 0 Å². The molecule has 0 aliphatic carbocycles. The van der Waals surface area contributed by atoms with E-state index in [1.165, 1.54) is 4.90 Å². The molecular weight excluding hydrogens is 379 g/mol. The van der Waals surface area contributed by atoms with Crippen molar-refractivity contribution in [1.82, 2.24) is 9.97 Å². The first-order valence-corrected chi connectivity index (χ1v) is 9.32. The van der Waals surface area contributed by atoms with Crippen LogP contribution in [0.4, 0.5) is 24.7 Å². The van der Waals surface area contributed by atoms with E-state index in [-0.39, 0.29) is 18.4 Å². The lowest BCUT2D eigenvalue weighted by Gasteiger charge is -2.23. The number of alkyl halides is 3. The van der Waals surface area contributed by atoms with E-state index in [1.807, 2.05) is 42.5 Å². The molecule has 0 unspecified atom stereocenters. The Hall–Kier alpha value is -3.09. The van der Waals surface area contributed by atoms with Crippen LogP contribution in [0, 0.1) is 0 Å². The first-order valence-electron chi connectivity index (χ1n) is 9.32. The van der Waals surface area contributed by atoms with E-state index in [1.54, 1.807) is 19.2 Å². The molecule has 0 aliphatic rings. The number of hydrogen-bond acceptors (Lipinski definition) is 4. The largest absolute Gasteiger partial charge is 0.459 e. The second-order valence-electron chi connectivity index (χ2n) is 6.64. The fourth-order valence-corrected chi connectivity index (χ4v) is 2.90. The van der Waals surface area contributed by atoms with Gasteiger partial charge in [0.1, 0.15) is 12.2 Å². The minimum Gasteiger partial charge on any atom is -0.459 e. The van der Waals surface area contributed by atoms with Gasteiger partial charge in [-0.2, -0.15) is 18.2 Å². The van der Waals surface area contributed by atoms with E-state index in [9.17, 15) is 13.2 Å². The molecule has 3 aromatic rings. The van der Waals surface area contributed by atoms with Crippen molar-refractivity contribution in [2.75, 3.05) is 11.9 Å². The molecular formula is C22H22F3N3O. The number of anilines is 2. The second kappa shape index (κ2) is 8.94. The molecule has 3 rings (SSSR count). The molecule has 4 nitrogen and oxygen atoms in total. The summed E-state index contributed by atoms with van der Waals surface area (Å²) in [6.45, 7) is 2.24. The molecule has 0 radical (unpaired) electrons. The van der Waals surface area contributed by atoms with Crippen LogP contribution >= 0.6 is 0 Å². The van der Waals surface area contributed by atoms with Gasteiger partial charge >= 0.3 is 12.2 Å². The van der Waals surface area contributed by atoms with Gasteiger partial charge in [0, 0.05) is 18.9 Å². The lowest BCUT2D eigenvalue weighted by atomic mass is 10.1. The summed E-state index contributed by atoms with van der Waals surface area (Å²) in [6, 6.07) is 16.6. The summed E-state index contributed by atoms with van der Waals surface area (Å²) < 4.78 is 46.1. The minimum absolute atomic E-state index is 0.105. The van der Waals surface area contributed by atoms with Crippen LogP contribution in [-0.4, -0.2) is 17.0 Å². The van der Waals surface area contributed by atoms with E-state index < -0.39 is 11.7 Å². The monoisotopic (exact) mass is 401 g/mol. The molecule has 0 fully saturated rings. The highest BCUT2D eigenvalue weighted by Crippen LogP contribution is 2.37. The van der Waals surface area contributed by atoms with Crippen LogP contribution in [0.15, 0.2) is 60.8 Å². The number of halogens is 3. The van der Waals surface area contributed by atoms with Crippen LogP contribution in [0.25, 0.3) is 0 Å². The van der Waals surface area contributed by atoms with Crippen molar-refractivity contribution in [2.45, 2.75) is 32.5 Å². The van der Waals surface area contributed by atoms with Crippen LogP contribution in [0.5, 0.6) is 6.01 Å². The number of benzene rings is 2. The number of hydrogen-bond donors (Lipinski definition) is 0. The highest BCUT2D eigenvalue weighted by molar-refractivity contribution is 5.63. The summed E-state index contributed by atoms with van der Waals surface area (Å²) in [5.41, 5.74) is 1.69. The predicted molar refractivity (Wildman–Crippen MR) is 106 cm³/mol. The number of ether oxygens (including phenoxy) is 1. The van der Waals surface area contributed by atoms with Crippen molar-refractivity contribution in [1.29, 1.82) is 0 Å². The topological polar surface area (TPSA) is 38.2 Å². The lowest BCUT2D eigenvalue weighted by Crippen LogP contribution is -2.19. The molecule has 0 bridgehead atoms. The second-order valence-corrected chi connectivity index (χ2v) is 6.64. The zero-order chi connectivity index (χ0) is 20.9. The van der Waals surface area contributed by atoms with E-state index in [0.29, 0.717) is 5.69 Å². The van der Waals surface area contributed by atoms with Crippen molar-refractivity contribution >= 4 is 11.5 Å². The molecule has 1 aromatic heterocycles. The van der Waals surface area contributed by atoms with E-state index in [2.05, 4.69) is 16.9 Å². The normalized spacial score (nSPS) is 11.3. The first kappa shape index (κ1) is 20.6. The Morgan fingerprint density at radius 2 is 1.66 bits per heavy atom. The molecule has 0 amide bonds. The van der Waals surface area contributed by atoms with E-state index >= 15 is 0 Å². The smallest absolute Gasteiger partial charge is 0.421 e. The minimum atomic E-state index is -4.58. The van der Waals surface area contributed by atoms with Gasteiger partial charge < -0.3 is 9.64 Å². The maximum atomic E-state index is 13.5. The highest BCUT2D eigenvalue weighted by Gasteiger charge is 2.36.